The van der Waals surface area contributed by atoms with Crippen LogP contribution in [0.4, 0.5) is 45.2 Å². The minimum absolute atomic E-state index is 0.0493. The Morgan fingerprint density at radius 3 is 1.73 bits per heavy atom. The van der Waals surface area contributed by atoms with Gasteiger partial charge in [0.25, 0.3) is 0 Å². The summed E-state index contributed by atoms with van der Waals surface area (Å²) in [6.07, 6.45) is -15.8. The summed E-state index contributed by atoms with van der Waals surface area (Å²) >= 11 is 0. The second-order valence-electron chi connectivity index (χ2n) is 5.03. The van der Waals surface area contributed by atoms with Crippen molar-refractivity contribution < 1.29 is 44.3 Å². The van der Waals surface area contributed by atoms with Crippen LogP contribution >= 0.6 is 0 Å². The Bertz CT molecular complexity index is 806. The van der Waals surface area contributed by atoms with Gasteiger partial charge in [-0.2, -0.15) is 39.5 Å². The average molecular weight is 389 g/mol. The van der Waals surface area contributed by atoms with Gasteiger partial charge in [-0.1, -0.05) is 12.1 Å². The zero-order valence-electron chi connectivity index (χ0n) is 12.4. The molecule has 2 aromatic carbocycles. The van der Waals surface area contributed by atoms with Crippen molar-refractivity contribution in [1.29, 1.82) is 0 Å². The fraction of sp³-hybridized carbons (Fsp3) is 0.200. The fourth-order valence-corrected chi connectivity index (χ4v) is 2.15. The standard InChI is InChI=1S/C15H8F9NO/c16-13(17,18)8-3-1-2-4-11(8)26-7-5-9(14(19,20)21)12(10(25)6-7)15(22,23)24/h1-6H,25H2. The molecule has 0 radical (unpaired) electrons. The Morgan fingerprint density at radius 2 is 1.23 bits per heavy atom. The van der Waals surface area contributed by atoms with E-state index in [4.69, 9.17) is 10.5 Å². The van der Waals surface area contributed by atoms with Crippen LogP contribution in [-0.4, -0.2) is 0 Å². The monoisotopic (exact) mass is 389 g/mol. The van der Waals surface area contributed by atoms with Crippen LogP contribution in [0.1, 0.15) is 16.7 Å². The molecule has 0 aromatic heterocycles. The molecule has 2 N–H and O–H groups in total. The normalized spacial score (nSPS) is 13.0. The Balaban J connectivity index is 2.59. The molecule has 0 atom stereocenters. The number of para-hydroxylation sites is 1. The number of nitrogen functional groups attached to an aromatic ring is 1. The number of rotatable bonds is 2. The van der Waals surface area contributed by atoms with Gasteiger partial charge in [-0.25, -0.2) is 0 Å². The van der Waals surface area contributed by atoms with Crippen molar-refractivity contribution in [1.82, 2.24) is 0 Å². The van der Waals surface area contributed by atoms with E-state index in [9.17, 15) is 39.5 Å². The van der Waals surface area contributed by atoms with Gasteiger partial charge in [0.05, 0.1) is 16.7 Å². The summed E-state index contributed by atoms with van der Waals surface area (Å²) in [5.41, 5.74) is -1.88. The number of anilines is 1. The molecule has 142 valence electrons. The van der Waals surface area contributed by atoms with Gasteiger partial charge in [0, 0.05) is 11.8 Å². The number of halogens is 9. The van der Waals surface area contributed by atoms with E-state index in [1.54, 1.807) is 0 Å². The van der Waals surface area contributed by atoms with Gasteiger partial charge in [-0.05, 0) is 18.2 Å². The summed E-state index contributed by atoms with van der Waals surface area (Å²) in [4.78, 5) is 0. The molecule has 0 aliphatic rings. The van der Waals surface area contributed by atoms with Crippen molar-refractivity contribution in [3.63, 3.8) is 0 Å². The molecule has 0 amide bonds. The molecule has 0 spiro atoms. The zero-order valence-corrected chi connectivity index (χ0v) is 12.4. The number of benzene rings is 2. The van der Waals surface area contributed by atoms with Gasteiger partial charge in [0.1, 0.15) is 11.5 Å². The van der Waals surface area contributed by atoms with Crippen molar-refractivity contribution in [3.05, 3.63) is 53.1 Å². The van der Waals surface area contributed by atoms with E-state index in [-0.39, 0.29) is 6.07 Å². The molecule has 26 heavy (non-hydrogen) atoms. The van der Waals surface area contributed by atoms with E-state index < -0.39 is 52.4 Å². The summed E-state index contributed by atoms with van der Waals surface area (Å²) < 4.78 is 121. The Labute approximate surface area is 140 Å². The number of hydrogen-bond donors (Lipinski definition) is 1. The molecule has 2 nitrogen and oxygen atoms in total. The summed E-state index contributed by atoms with van der Waals surface area (Å²) in [7, 11) is 0. The predicted octanol–water partition coefficient (Wildman–Crippen LogP) is 6.12. The molecule has 0 heterocycles. The van der Waals surface area contributed by atoms with Crippen LogP contribution < -0.4 is 10.5 Å². The molecular weight excluding hydrogens is 381 g/mol. The quantitative estimate of drug-likeness (QED) is 0.496. The fourth-order valence-electron chi connectivity index (χ4n) is 2.15. The van der Waals surface area contributed by atoms with E-state index in [0.717, 1.165) is 18.2 Å². The van der Waals surface area contributed by atoms with Crippen molar-refractivity contribution in [3.8, 4) is 11.5 Å². The summed E-state index contributed by atoms with van der Waals surface area (Å²) in [5.74, 6) is -1.80. The molecule has 0 aliphatic carbocycles. The van der Waals surface area contributed by atoms with Gasteiger partial charge in [0.2, 0.25) is 0 Å². The average Bonchev–Trinajstić information content (AvgIpc) is 2.43. The van der Waals surface area contributed by atoms with Crippen LogP contribution in [0, 0.1) is 0 Å². The minimum Gasteiger partial charge on any atom is -0.457 e. The molecule has 0 saturated heterocycles. The first kappa shape index (κ1) is 19.7. The molecule has 0 bridgehead atoms. The molecule has 2 aromatic rings. The highest BCUT2D eigenvalue weighted by Crippen LogP contribution is 2.46. The van der Waals surface area contributed by atoms with E-state index in [2.05, 4.69) is 0 Å². The van der Waals surface area contributed by atoms with Crippen LogP contribution in [0.15, 0.2) is 36.4 Å². The maximum Gasteiger partial charge on any atom is 0.419 e. The summed E-state index contributed by atoms with van der Waals surface area (Å²) in [6.45, 7) is 0. The first-order valence-corrected chi connectivity index (χ1v) is 6.63. The topological polar surface area (TPSA) is 35.2 Å². The predicted molar refractivity (Wildman–Crippen MR) is 72.4 cm³/mol. The lowest BCUT2D eigenvalue weighted by Crippen LogP contribution is -2.19. The van der Waals surface area contributed by atoms with Gasteiger partial charge >= 0.3 is 18.5 Å². The van der Waals surface area contributed by atoms with Crippen molar-refractivity contribution in [2.45, 2.75) is 18.5 Å². The van der Waals surface area contributed by atoms with Gasteiger partial charge in [-0.3, -0.25) is 0 Å². The van der Waals surface area contributed by atoms with Gasteiger partial charge in [0.15, 0.2) is 0 Å². The smallest absolute Gasteiger partial charge is 0.419 e. The van der Waals surface area contributed by atoms with Crippen LogP contribution in [0.2, 0.25) is 0 Å². The molecule has 0 unspecified atom stereocenters. The Morgan fingerprint density at radius 1 is 0.692 bits per heavy atom. The molecular formula is C15H8F9NO. The van der Waals surface area contributed by atoms with Crippen LogP contribution in [0.5, 0.6) is 11.5 Å². The first-order valence-electron chi connectivity index (χ1n) is 6.63. The number of hydrogen-bond acceptors (Lipinski definition) is 2. The number of ether oxygens (including phenoxy) is 1. The highest BCUT2D eigenvalue weighted by molar-refractivity contribution is 5.58. The lowest BCUT2D eigenvalue weighted by atomic mass is 10.0. The van der Waals surface area contributed by atoms with Crippen molar-refractivity contribution >= 4 is 5.69 Å². The highest BCUT2D eigenvalue weighted by Gasteiger charge is 2.45. The minimum atomic E-state index is -5.46. The van der Waals surface area contributed by atoms with E-state index in [1.807, 2.05) is 0 Å². The van der Waals surface area contributed by atoms with Crippen LogP contribution in [0.3, 0.4) is 0 Å². The van der Waals surface area contributed by atoms with Crippen molar-refractivity contribution in [2.24, 2.45) is 0 Å². The molecule has 11 heteroatoms. The maximum absolute atomic E-state index is 13.0. The van der Waals surface area contributed by atoms with E-state index >= 15 is 0 Å². The molecule has 0 aliphatic heterocycles. The third kappa shape index (κ3) is 4.14. The second kappa shape index (κ2) is 6.29. The van der Waals surface area contributed by atoms with Crippen molar-refractivity contribution in [2.75, 3.05) is 5.73 Å². The molecule has 2 rings (SSSR count). The van der Waals surface area contributed by atoms with Crippen LogP contribution in [-0.2, 0) is 18.5 Å². The molecule has 0 saturated carbocycles. The highest BCUT2D eigenvalue weighted by atomic mass is 19.4. The number of alkyl halides is 9. The lowest BCUT2D eigenvalue weighted by Gasteiger charge is -2.20. The van der Waals surface area contributed by atoms with Gasteiger partial charge in [-0.15, -0.1) is 0 Å². The lowest BCUT2D eigenvalue weighted by molar-refractivity contribution is -0.161. The number of nitrogens with two attached hydrogens (primary N) is 1. The van der Waals surface area contributed by atoms with E-state index in [0.29, 0.717) is 12.1 Å². The van der Waals surface area contributed by atoms with Crippen LogP contribution in [0.25, 0.3) is 0 Å². The SMILES string of the molecule is Nc1cc(Oc2ccccc2C(F)(F)F)cc(C(F)(F)F)c1C(F)(F)F. The molecule has 0 fully saturated rings. The van der Waals surface area contributed by atoms with Gasteiger partial charge < -0.3 is 10.5 Å². The first-order chi connectivity index (χ1) is 11.7. The summed E-state index contributed by atoms with van der Waals surface area (Å²) in [5, 5.41) is 0. The third-order valence-electron chi connectivity index (χ3n) is 3.15. The summed E-state index contributed by atoms with van der Waals surface area (Å²) in [6, 6.07) is 3.87. The van der Waals surface area contributed by atoms with E-state index in [1.165, 1.54) is 0 Å². The zero-order chi connectivity index (χ0) is 19.9. The second-order valence-corrected chi connectivity index (χ2v) is 5.03. The maximum atomic E-state index is 13.0. The Hall–Kier alpha value is -2.59. The third-order valence-corrected chi connectivity index (χ3v) is 3.15. The largest absolute Gasteiger partial charge is 0.457 e. The Kier molecular flexibility index (Phi) is 4.77.